The molecule has 0 bridgehead atoms. The lowest BCUT2D eigenvalue weighted by Crippen LogP contribution is -2.17. The van der Waals surface area contributed by atoms with Crippen molar-refractivity contribution in [1.82, 2.24) is 0 Å². The minimum absolute atomic E-state index is 0.0681. The molecule has 0 aliphatic heterocycles. The van der Waals surface area contributed by atoms with E-state index in [4.69, 9.17) is 9.47 Å². The van der Waals surface area contributed by atoms with Crippen molar-refractivity contribution in [3.05, 3.63) is 0 Å². The van der Waals surface area contributed by atoms with E-state index >= 15 is 0 Å². The highest BCUT2D eigenvalue weighted by molar-refractivity contribution is 9.09. The lowest BCUT2D eigenvalue weighted by molar-refractivity contribution is -0.132. The van der Waals surface area contributed by atoms with Gasteiger partial charge in [-0.3, -0.25) is 0 Å². The first-order chi connectivity index (χ1) is 5.20. The molecular formula is C8H17BrO2. The van der Waals surface area contributed by atoms with E-state index in [0.29, 0.717) is 12.5 Å². The third-order valence-electron chi connectivity index (χ3n) is 1.28. The van der Waals surface area contributed by atoms with Gasteiger partial charge < -0.3 is 9.47 Å². The first-order valence-corrected chi connectivity index (χ1v) is 5.12. The number of hydrogen-bond acceptors (Lipinski definition) is 2. The third-order valence-corrected chi connectivity index (χ3v) is 2.39. The predicted molar refractivity (Wildman–Crippen MR) is 50.0 cm³/mol. The lowest BCUT2D eigenvalue weighted by Gasteiger charge is -2.14. The molecule has 0 heterocycles. The van der Waals surface area contributed by atoms with Gasteiger partial charge in [-0.1, -0.05) is 22.9 Å². The van der Waals surface area contributed by atoms with E-state index in [-0.39, 0.29) is 6.29 Å². The van der Waals surface area contributed by atoms with Crippen LogP contribution in [-0.4, -0.2) is 24.8 Å². The molecular weight excluding hydrogens is 208 g/mol. The summed E-state index contributed by atoms with van der Waals surface area (Å²) in [5.41, 5.74) is 0. The van der Waals surface area contributed by atoms with Crippen molar-refractivity contribution >= 4 is 15.9 Å². The van der Waals surface area contributed by atoms with Gasteiger partial charge in [0.1, 0.15) is 0 Å². The molecule has 0 aromatic rings. The second-order valence-electron chi connectivity index (χ2n) is 2.62. The molecule has 0 saturated carbocycles. The molecule has 0 aliphatic carbocycles. The summed E-state index contributed by atoms with van der Waals surface area (Å²) >= 11 is 3.38. The summed E-state index contributed by atoms with van der Waals surface area (Å²) in [6, 6.07) is 0. The number of alkyl halides is 1. The maximum absolute atomic E-state index is 5.38. The largest absolute Gasteiger partial charge is 0.353 e. The molecule has 0 saturated heterocycles. The Labute approximate surface area is 77.4 Å². The number of hydrogen-bond donors (Lipinski definition) is 0. The summed E-state index contributed by atoms with van der Waals surface area (Å²) in [4.78, 5) is 0. The highest BCUT2D eigenvalue weighted by atomic mass is 79.9. The SMILES string of the molecule is CCOC(C)OC[C@H](C)CBr. The van der Waals surface area contributed by atoms with Crippen LogP contribution in [0.5, 0.6) is 0 Å². The first kappa shape index (κ1) is 11.4. The molecule has 0 radical (unpaired) electrons. The summed E-state index contributed by atoms with van der Waals surface area (Å²) in [5, 5.41) is 0.978. The fraction of sp³-hybridized carbons (Fsp3) is 1.00. The van der Waals surface area contributed by atoms with Crippen molar-refractivity contribution < 1.29 is 9.47 Å². The summed E-state index contributed by atoms with van der Waals surface area (Å²) in [7, 11) is 0. The molecule has 0 fully saturated rings. The van der Waals surface area contributed by atoms with Crippen molar-refractivity contribution in [2.45, 2.75) is 27.1 Å². The van der Waals surface area contributed by atoms with Gasteiger partial charge in [-0.05, 0) is 19.8 Å². The topological polar surface area (TPSA) is 18.5 Å². The van der Waals surface area contributed by atoms with Crippen molar-refractivity contribution in [1.29, 1.82) is 0 Å². The van der Waals surface area contributed by atoms with Gasteiger partial charge in [0.2, 0.25) is 0 Å². The Bertz CT molecular complexity index is 88.2. The zero-order valence-electron chi connectivity index (χ0n) is 7.47. The second kappa shape index (κ2) is 7.07. The molecule has 0 spiro atoms. The fourth-order valence-electron chi connectivity index (χ4n) is 0.627. The third kappa shape index (κ3) is 6.78. The first-order valence-electron chi connectivity index (χ1n) is 3.99. The Morgan fingerprint density at radius 1 is 1.27 bits per heavy atom. The van der Waals surface area contributed by atoms with E-state index in [1.54, 1.807) is 0 Å². The highest BCUT2D eigenvalue weighted by Crippen LogP contribution is 2.03. The van der Waals surface area contributed by atoms with Crippen LogP contribution in [0.2, 0.25) is 0 Å². The zero-order valence-corrected chi connectivity index (χ0v) is 9.06. The Kier molecular flexibility index (Phi) is 7.33. The van der Waals surface area contributed by atoms with Crippen LogP contribution in [0.25, 0.3) is 0 Å². The van der Waals surface area contributed by atoms with Crippen molar-refractivity contribution in [2.75, 3.05) is 18.5 Å². The standard InChI is InChI=1S/C8H17BrO2/c1-4-10-8(3)11-6-7(2)5-9/h7-8H,4-6H2,1-3H3/t7-,8?/m1/s1. The number of halogens is 1. The van der Waals surface area contributed by atoms with Crippen LogP contribution in [0.3, 0.4) is 0 Å². The van der Waals surface area contributed by atoms with E-state index in [1.807, 2.05) is 13.8 Å². The van der Waals surface area contributed by atoms with Gasteiger partial charge in [0.25, 0.3) is 0 Å². The molecule has 2 atom stereocenters. The van der Waals surface area contributed by atoms with Crippen molar-refractivity contribution in [2.24, 2.45) is 5.92 Å². The molecule has 68 valence electrons. The molecule has 0 N–H and O–H groups in total. The van der Waals surface area contributed by atoms with Crippen molar-refractivity contribution in [3.63, 3.8) is 0 Å². The Morgan fingerprint density at radius 3 is 2.36 bits per heavy atom. The van der Waals surface area contributed by atoms with E-state index in [2.05, 4.69) is 22.9 Å². The molecule has 0 aromatic carbocycles. The smallest absolute Gasteiger partial charge is 0.154 e. The number of ether oxygens (including phenoxy) is 2. The van der Waals surface area contributed by atoms with Crippen LogP contribution in [0, 0.1) is 5.92 Å². The average Bonchev–Trinajstić information content (AvgIpc) is 2.01. The van der Waals surface area contributed by atoms with E-state index in [0.717, 1.165) is 11.9 Å². The number of rotatable bonds is 6. The highest BCUT2D eigenvalue weighted by Gasteiger charge is 2.03. The van der Waals surface area contributed by atoms with Gasteiger partial charge in [-0.25, -0.2) is 0 Å². The monoisotopic (exact) mass is 224 g/mol. The molecule has 0 rings (SSSR count). The van der Waals surface area contributed by atoms with Gasteiger partial charge in [-0.15, -0.1) is 0 Å². The Morgan fingerprint density at radius 2 is 1.91 bits per heavy atom. The normalized spacial score (nSPS) is 16.4. The summed E-state index contributed by atoms with van der Waals surface area (Å²) in [6.07, 6.45) is -0.0681. The molecule has 0 amide bonds. The zero-order chi connectivity index (χ0) is 8.69. The van der Waals surface area contributed by atoms with Gasteiger partial charge in [0, 0.05) is 11.9 Å². The Balaban J connectivity index is 3.22. The van der Waals surface area contributed by atoms with Crippen LogP contribution in [0.4, 0.5) is 0 Å². The van der Waals surface area contributed by atoms with Crippen molar-refractivity contribution in [3.8, 4) is 0 Å². The maximum Gasteiger partial charge on any atom is 0.154 e. The van der Waals surface area contributed by atoms with Crippen LogP contribution < -0.4 is 0 Å². The van der Waals surface area contributed by atoms with E-state index in [1.165, 1.54) is 0 Å². The van der Waals surface area contributed by atoms with Gasteiger partial charge in [0.15, 0.2) is 6.29 Å². The molecule has 1 unspecified atom stereocenters. The molecule has 2 nitrogen and oxygen atoms in total. The summed E-state index contributed by atoms with van der Waals surface area (Å²) < 4.78 is 10.6. The quantitative estimate of drug-likeness (QED) is 0.510. The maximum atomic E-state index is 5.38. The summed E-state index contributed by atoms with van der Waals surface area (Å²) in [5.74, 6) is 0.554. The minimum atomic E-state index is -0.0681. The van der Waals surface area contributed by atoms with Crippen LogP contribution in [-0.2, 0) is 9.47 Å². The van der Waals surface area contributed by atoms with Crippen LogP contribution in [0.1, 0.15) is 20.8 Å². The van der Waals surface area contributed by atoms with E-state index in [9.17, 15) is 0 Å². The van der Waals surface area contributed by atoms with Gasteiger partial charge >= 0.3 is 0 Å². The Hall–Kier alpha value is 0.400. The average molecular weight is 225 g/mol. The molecule has 11 heavy (non-hydrogen) atoms. The lowest BCUT2D eigenvalue weighted by atomic mass is 10.2. The van der Waals surface area contributed by atoms with Crippen LogP contribution in [0.15, 0.2) is 0 Å². The fourth-order valence-corrected chi connectivity index (χ4v) is 0.814. The van der Waals surface area contributed by atoms with E-state index < -0.39 is 0 Å². The molecule has 0 aromatic heterocycles. The van der Waals surface area contributed by atoms with Gasteiger partial charge in [0.05, 0.1) is 6.61 Å². The van der Waals surface area contributed by atoms with Crippen LogP contribution >= 0.6 is 15.9 Å². The predicted octanol–water partition coefficient (Wildman–Crippen LogP) is 2.42. The minimum Gasteiger partial charge on any atom is -0.353 e. The second-order valence-corrected chi connectivity index (χ2v) is 3.26. The summed E-state index contributed by atoms with van der Waals surface area (Å²) in [6.45, 7) is 7.49. The van der Waals surface area contributed by atoms with Gasteiger partial charge in [-0.2, -0.15) is 0 Å². The molecule has 3 heteroatoms. The molecule has 0 aliphatic rings.